The average molecular weight is 243 g/mol. The first-order chi connectivity index (χ1) is 8.90. The molecule has 4 rings (SSSR count). The van der Waals surface area contributed by atoms with Gasteiger partial charge in [0.25, 0.3) is 0 Å². The summed E-state index contributed by atoms with van der Waals surface area (Å²) < 4.78 is 0. The van der Waals surface area contributed by atoms with Crippen molar-refractivity contribution in [3.8, 4) is 0 Å². The van der Waals surface area contributed by atoms with Crippen molar-refractivity contribution in [3.05, 3.63) is 23.3 Å². The highest BCUT2D eigenvalue weighted by Gasteiger charge is 2.31. The number of nitrogens with zero attached hydrogens (tertiary/aromatic N) is 2. The molecule has 3 heteroatoms. The van der Waals surface area contributed by atoms with Crippen LogP contribution in [0.15, 0.2) is 6.07 Å². The molecule has 0 radical (unpaired) electrons. The lowest BCUT2D eigenvalue weighted by atomic mass is 10.0. The summed E-state index contributed by atoms with van der Waals surface area (Å²) in [5, 5.41) is 3.58. The van der Waals surface area contributed by atoms with Gasteiger partial charge in [0.05, 0.1) is 6.04 Å². The highest BCUT2D eigenvalue weighted by molar-refractivity contribution is 5.24. The van der Waals surface area contributed by atoms with E-state index in [1.165, 1.54) is 56.3 Å². The van der Waals surface area contributed by atoms with Crippen LogP contribution >= 0.6 is 0 Å². The van der Waals surface area contributed by atoms with Gasteiger partial charge in [-0.3, -0.25) is 0 Å². The summed E-state index contributed by atoms with van der Waals surface area (Å²) >= 11 is 0. The van der Waals surface area contributed by atoms with Gasteiger partial charge in [0.1, 0.15) is 5.82 Å². The second-order valence-corrected chi connectivity index (χ2v) is 6.13. The quantitative estimate of drug-likeness (QED) is 0.886. The normalized spacial score (nSPS) is 28.3. The van der Waals surface area contributed by atoms with Crippen molar-refractivity contribution in [3.63, 3.8) is 0 Å². The molecule has 2 aliphatic carbocycles. The van der Waals surface area contributed by atoms with Crippen LogP contribution in [0, 0.1) is 0 Å². The highest BCUT2D eigenvalue weighted by atomic mass is 15.0. The van der Waals surface area contributed by atoms with Crippen molar-refractivity contribution in [2.24, 2.45) is 0 Å². The van der Waals surface area contributed by atoms with Gasteiger partial charge in [0, 0.05) is 23.2 Å². The molecule has 0 aromatic carbocycles. The molecular weight excluding hydrogens is 222 g/mol. The Hall–Kier alpha value is -0.960. The third kappa shape index (κ3) is 2.16. The van der Waals surface area contributed by atoms with Crippen molar-refractivity contribution in [2.75, 3.05) is 6.54 Å². The van der Waals surface area contributed by atoms with Crippen LogP contribution in [0.3, 0.4) is 0 Å². The number of piperidine rings is 1. The van der Waals surface area contributed by atoms with Crippen LogP contribution in [0.2, 0.25) is 0 Å². The lowest BCUT2D eigenvalue weighted by molar-refractivity contribution is 0.395. The van der Waals surface area contributed by atoms with E-state index in [2.05, 4.69) is 11.4 Å². The Balaban J connectivity index is 1.66. The average Bonchev–Trinajstić information content (AvgIpc) is 3.32. The minimum Gasteiger partial charge on any atom is -0.307 e. The molecule has 1 N–H and O–H groups in total. The van der Waals surface area contributed by atoms with E-state index in [1.807, 2.05) is 0 Å². The lowest BCUT2D eigenvalue weighted by Crippen LogP contribution is -2.28. The first-order valence-electron chi connectivity index (χ1n) is 7.52. The molecule has 18 heavy (non-hydrogen) atoms. The first-order valence-corrected chi connectivity index (χ1v) is 7.52. The van der Waals surface area contributed by atoms with Crippen molar-refractivity contribution in [1.82, 2.24) is 15.3 Å². The topological polar surface area (TPSA) is 37.8 Å². The van der Waals surface area contributed by atoms with Gasteiger partial charge in [-0.2, -0.15) is 0 Å². The summed E-state index contributed by atoms with van der Waals surface area (Å²) in [6.45, 7) is 1.13. The number of hydrogen-bond acceptors (Lipinski definition) is 3. The second-order valence-electron chi connectivity index (χ2n) is 6.13. The zero-order valence-electron chi connectivity index (χ0n) is 10.9. The van der Waals surface area contributed by atoms with Crippen molar-refractivity contribution < 1.29 is 0 Å². The number of aromatic nitrogens is 2. The SMILES string of the molecule is c1c(C2CC2)nc(C2CCCCN2)nc1C1CC1. The smallest absolute Gasteiger partial charge is 0.145 e. The third-order valence-corrected chi connectivity index (χ3v) is 4.40. The van der Waals surface area contributed by atoms with E-state index in [9.17, 15) is 0 Å². The maximum absolute atomic E-state index is 4.86. The van der Waals surface area contributed by atoms with Crippen LogP contribution < -0.4 is 5.32 Å². The van der Waals surface area contributed by atoms with Crippen LogP contribution in [0.5, 0.6) is 0 Å². The zero-order valence-corrected chi connectivity index (χ0v) is 10.9. The number of rotatable bonds is 3. The molecule has 0 spiro atoms. The molecule has 1 unspecified atom stereocenters. The molecule has 1 aliphatic heterocycles. The van der Waals surface area contributed by atoms with Crippen molar-refractivity contribution in [1.29, 1.82) is 0 Å². The van der Waals surface area contributed by atoms with E-state index in [0.717, 1.165) is 24.2 Å². The molecule has 3 aliphatic rings. The van der Waals surface area contributed by atoms with Crippen LogP contribution in [0.1, 0.15) is 80.0 Å². The molecule has 96 valence electrons. The van der Waals surface area contributed by atoms with Gasteiger partial charge in [0.2, 0.25) is 0 Å². The molecule has 1 aromatic rings. The first kappa shape index (κ1) is 10.9. The molecular formula is C15H21N3. The predicted molar refractivity (Wildman–Crippen MR) is 70.6 cm³/mol. The van der Waals surface area contributed by atoms with Crippen LogP contribution in [0.4, 0.5) is 0 Å². The van der Waals surface area contributed by atoms with Gasteiger partial charge >= 0.3 is 0 Å². The Morgan fingerprint density at radius 3 is 2.06 bits per heavy atom. The Morgan fingerprint density at radius 2 is 1.56 bits per heavy atom. The van der Waals surface area contributed by atoms with E-state index >= 15 is 0 Å². The molecule has 1 aromatic heterocycles. The van der Waals surface area contributed by atoms with Crippen LogP contribution in [-0.4, -0.2) is 16.5 Å². The molecule has 3 fully saturated rings. The van der Waals surface area contributed by atoms with Crippen LogP contribution in [0.25, 0.3) is 0 Å². The summed E-state index contributed by atoms with van der Waals surface area (Å²) in [4.78, 5) is 9.71. The predicted octanol–water partition coefficient (Wildman–Crippen LogP) is 3.05. The van der Waals surface area contributed by atoms with Gasteiger partial charge < -0.3 is 5.32 Å². The third-order valence-electron chi connectivity index (χ3n) is 4.40. The van der Waals surface area contributed by atoms with E-state index in [0.29, 0.717) is 6.04 Å². The Morgan fingerprint density at radius 1 is 0.889 bits per heavy atom. The minimum atomic E-state index is 0.412. The number of nitrogens with one attached hydrogen (secondary N) is 1. The Kier molecular flexibility index (Phi) is 2.61. The second kappa shape index (κ2) is 4.30. The molecule has 1 atom stereocenters. The molecule has 2 saturated carbocycles. The summed E-state index contributed by atoms with van der Waals surface area (Å²) in [7, 11) is 0. The lowest BCUT2D eigenvalue weighted by Gasteiger charge is -2.23. The monoisotopic (exact) mass is 243 g/mol. The summed E-state index contributed by atoms with van der Waals surface area (Å²) in [6, 6.07) is 2.71. The standard InChI is InChI=1S/C15H21N3/c1-2-8-16-12(3-1)15-17-13(10-4-5-10)9-14(18-15)11-6-7-11/h9-12,16H,1-8H2. The maximum Gasteiger partial charge on any atom is 0.145 e. The van der Waals surface area contributed by atoms with Gasteiger partial charge in [-0.15, -0.1) is 0 Å². The summed E-state index contributed by atoms with van der Waals surface area (Å²) in [6.07, 6.45) is 9.15. The molecule has 2 heterocycles. The number of hydrogen-bond donors (Lipinski definition) is 1. The van der Waals surface area contributed by atoms with E-state index < -0.39 is 0 Å². The maximum atomic E-state index is 4.86. The summed E-state index contributed by atoms with van der Waals surface area (Å²) in [5.41, 5.74) is 2.66. The largest absolute Gasteiger partial charge is 0.307 e. The molecule has 3 nitrogen and oxygen atoms in total. The van der Waals surface area contributed by atoms with Gasteiger partial charge in [0.15, 0.2) is 0 Å². The minimum absolute atomic E-state index is 0.412. The van der Waals surface area contributed by atoms with Crippen molar-refractivity contribution in [2.45, 2.75) is 62.8 Å². The van der Waals surface area contributed by atoms with E-state index in [4.69, 9.17) is 9.97 Å². The van der Waals surface area contributed by atoms with E-state index in [-0.39, 0.29) is 0 Å². The van der Waals surface area contributed by atoms with Gasteiger partial charge in [-0.05, 0) is 51.1 Å². The molecule has 0 bridgehead atoms. The fourth-order valence-electron chi connectivity index (χ4n) is 2.91. The Labute approximate surface area is 108 Å². The van der Waals surface area contributed by atoms with E-state index in [1.54, 1.807) is 0 Å². The molecule has 0 amide bonds. The van der Waals surface area contributed by atoms with Crippen molar-refractivity contribution >= 4 is 0 Å². The van der Waals surface area contributed by atoms with Gasteiger partial charge in [-0.25, -0.2) is 9.97 Å². The highest BCUT2D eigenvalue weighted by Crippen LogP contribution is 2.43. The fourth-order valence-corrected chi connectivity index (χ4v) is 2.91. The van der Waals surface area contributed by atoms with Gasteiger partial charge in [-0.1, -0.05) is 6.42 Å². The Bertz CT molecular complexity index is 413. The fraction of sp³-hybridized carbons (Fsp3) is 0.733. The zero-order chi connectivity index (χ0) is 11.9. The summed E-state index contributed by atoms with van der Waals surface area (Å²) in [5.74, 6) is 2.57. The molecule has 1 saturated heterocycles. The van der Waals surface area contributed by atoms with Crippen LogP contribution in [-0.2, 0) is 0 Å².